The molecule has 1 aromatic rings. The molecule has 4 heteroatoms. The number of nitrogens with one attached hydrogen (secondary N) is 1. The second-order valence-electron chi connectivity index (χ2n) is 4.21. The highest BCUT2D eigenvalue weighted by Gasteiger charge is 2.25. The Morgan fingerprint density at radius 1 is 1.40 bits per heavy atom. The second-order valence-corrected chi connectivity index (χ2v) is 6.74. The van der Waals surface area contributed by atoms with E-state index in [1.807, 2.05) is 11.3 Å². The highest BCUT2D eigenvalue weighted by molar-refractivity contribution is 9.13. The van der Waals surface area contributed by atoms with Crippen LogP contribution in [-0.2, 0) is 5.41 Å². The Balaban J connectivity index is 2.72. The van der Waals surface area contributed by atoms with Crippen LogP contribution in [0.2, 0.25) is 0 Å². The molecule has 0 saturated carbocycles. The zero-order valence-electron chi connectivity index (χ0n) is 9.36. The van der Waals surface area contributed by atoms with Gasteiger partial charge >= 0.3 is 0 Å². The first-order valence-corrected chi connectivity index (χ1v) is 7.59. The van der Waals surface area contributed by atoms with E-state index in [-0.39, 0.29) is 5.41 Å². The molecule has 0 aliphatic heterocycles. The van der Waals surface area contributed by atoms with Crippen molar-refractivity contribution >= 4 is 43.2 Å². The van der Waals surface area contributed by atoms with Gasteiger partial charge in [-0.25, -0.2) is 0 Å². The molecule has 0 fully saturated rings. The van der Waals surface area contributed by atoms with E-state index >= 15 is 0 Å². The topological polar surface area (TPSA) is 12.0 Å². The van der Waals surface area contributed by atoms with E-state index in [1.54, 1.807) is 0 Å². The Morgan fingerprint density at radius 3 is 2.53 bits per heavy atom. The van der Waals surface area contributed by atoms with Crippen molar-refractivity contribution in [1.82, 2.24) is 5.32 Å². The fourth-order valence-corrected chi connectivity index (χ4v) is 4.14. The maximum atomic E-state index is 3.64. The molecular formula is C11H17Br2NS. The van der Waals surface area contributed by atoms with Gasteiger partial charge in [0.05, 0.1) is 0 Å². The molecule has 0 aromatic carbocycles. The van der Waals surface area contributed by atoms with Gasteiger partial charge in [0.1, 0.15) is 0 Å². The maximum absolute atomic E-state index is 3.64. The van der Waals surface area contributed by atoms with Crippen LogP contribution in [0, 0.1) is 0 Å². The van der Waals surface area contributed by atoms with Crippen molar-refractivity contribution in [2.24, 2.45) is 0 Å². The van der Waals surface area contributed by atoms with Crippen molar-refractivity contribution in [2.75, 3.05) is 13.1 Å². The lowest BCUT2D eigenvalue weighted by molar-refractivity contribution is 0.467. The lowest BCUT2D eigenvalue weighted by Gasteiger charge is -2.24. The van der Waals surface area contributed by atoms with Crippen molar-refractivity contribution in [2.45, 2.75) is 32.6 Å². The first kappa shape index (κ1) is 13.7. The number of hydrogen-bond acceptors (Lipinski definition) is 2. The summed E-state index contributed by atoms with van der Waals surface area (Å²) >= 11 is 9.00. The van der Waals surface area contributed by atoms with Crippen molar-refractivity contribution < 1.29 is 0 Å². The Bertz CT molecular complexity index is 320. The monoisotopic (exact) mass is 353 g/mol. The van der Waals surface area contributed by atoms with Gasteiger partial charge in [-0.2, -0.15) is 0 Å². The normalized spacial score (nSPS) is 12.1. The molecule has 15 heavy (non-hydrogen) atoms. The molecule has 0 atom stereocenters. The number of hydrogen-bond donors (Lipinski definition) is 1. The molecular weight excluding hydrogens is 338 g/mol. The van der Waals surface area contributed by atoms with Crippen molar-refractivity contribution in [1.29, 1.82) is 0 Å². The van der Waals surface area contributed by atoms with Gasteiger partial charge < -0.3 is 5.32 Å². The first-order chi connectivity index (χ1) is 6.99. The molecule has 1 heterocycles. The van der Waals surface area contributed by atoms with Crippen LogP contribution in [0.25, 0.3) is 0 Å². The lowest BCUT2D eigenvalue weighted by atomic mass is 9.87. The van der Waals surface area contributed by atoms with Crippen LogP contribution in [0.15, 0.2) is 14.3 Å². The molecule has 0 spiro atoms. The summed E-state index contributed by atoms with van der Waals surface area (Å²) in [5.41, 5.74) is 0.234. The first-order valence-electron chi connectivity index (χ1n) is 5.12. The van der Waals surface area contributed by atoms with Crippen molar-refractivity contribution in [3.8, 4) is 0 Å². The highest BCUT2D eigenvalue weighted by atomic mass is 79.9. The van der Waals surface area contributed by atoms with Crippen LogP contribution >= 0.6 is 43.2 Å². The molecule has 0 unspecified atom stereocenters. The number of halogens is 2. The summed E-state index contributed by atoms with van der Waals surface area (Å²) in [6, 6.07) is 0. The van der Waals surface area contributed by atoms with Crippen LogP contribution in [0.3, 0.4) is 0 Å². The Hall–Kier alpha value is 0.620. The molecule has 86 valence electrons. The third kappa shape index (κ3) is 3.55. The quantitative estimate of drug-likeness (QED) is 0.765. The van der Waals surface area contributed by atoms with E-state index in [4.69, 9.17) is 0 Å². The summed E-state index contributed by atoms with van der Waals surface area (Å²) in [5, 5.41) is 5.53. The largest absolute Gasteiger partial charge is 0.317 e. The van der Waals surface area contributed by atoms with Gasteiger partial charge in [-0.3, -0.25) is 0 Å². The van der Waals surface area contributed by atoms with E-state index in [2.05, 4.69) is 63.3 Å². The highest BCUT2D eigenvalue weighted by Crippen LogP contribution is 2.41. The SMILES string of the molecule is CCNCCC(C)(C)c1scc(Br)c1Br. The standard InChI is InChI=1S/C11H17Br2NS/c1-4-14-6-5-11(2,3)10-9(13)8(12)7-15-10/h7,14H,4-6H2,1-3H3. The zero-order chi connectivity index (χ0) is 11.5. The van der Waals surface area contributed by atoms with Gasteiger partial charge in [-0.1, -0.05) is 20.8 Å². The third-order valence-electron chi connectivity index (χ3n) is 2.48. The third-order valence-corrected chi connectivity index (χ3v) is 6.37. The van der Waals surface area contributed by atoms with Crippen LogP contribution in [0.1, 0.15) is 32.1 Å². The summed E-state index contributed by atoms with van der Waals surface area (Å²) in [6.07, 6.45) is 1.16. The van der Waals surface area contributed by atoms with Crippen LogP contribution in [0.4, 0.5) is 0 Å². The van der Waals surface area contributed by atoms with Crippen molar-refractivity contribution in [3.05, 3.63) is 19.2 Å². The van der Waals surface area contributed by atoms with Gasteiger partial charge in [0.2, 0.25) is 0 Å². The van der Waals surface area contributed by atoms with Gasteiger partial charge in [-0.15, -0.1) is 11.3 Å². The number of rotatable bonds is 5. The van der Waals surface area contributed by atoms with Crippen LogP contribution in [0.5, 0.6) is 0 Å². The Kier molecular flexibility index (Phi) is 5.29. The predicted molar refractivity (Wildman–Crippen MR) is 75.9 cm³/mol. The molecule has 1 rings (SSSR count). The zero-order valence-corrected chi connectivity index (χ0v) is 13.4. The van der Waals surface area contributed by atoms with E-state index in [0.29, 0.717) is 0 Å². The molecule has 0 aliphatic carbocycles. The second kappa shape index (κ2) is 5.80. The molecule has 0 aliphatic rings. The summed E-state index contributed by atoms with van der Waals surface area (Å²) < 4.78 is 2.38. The average Bonchev–Trinajstić information content (AvgIpc) is 2.48. The molecule has 1 aromatic heterocycles. The van der Waals surface area contributed by atoms with E-state index in [9.17, 15) is 0 Å². The fourth-order valence-electron chi connectivity index (χ4n) is 1.47. The number of thiophene rings is 1. The smallest absolute Gasteiger partial charge is 0.0462 e. The minimum Gasteiger partial charge on any atom is -0.317 e. The van der Waals surface area contributed by atoms with Crippen molar-refractivity contribution in [3.63, 3.8) is 0 Å². The molecule has 1 nitrogen and oxygen atoms in total. The van der Waals surface area contributed by atoms with E-state index < -0.39 is 0 Å². The lowest BCUT2D eigenvalue weighted by Crippen LogP contribution is -2.24. The molecule has 0 bridgehead atoms. The average molecular weight is 355 g/mol. The summed E-state index contributed by atoms with van der Waals surface area (Å²) in [5.74, 6) is 0. The van der Waals surface area contributed by atoms with Gasteiger partial charge in [0.25, 0.3) is 0 Å². The molecule has 0 radical (unpaired) electrons. The molecule has 0 saturated heterocycles. The fraction of sp³-hybridized carbons (Fsp3) is 0.636. The van der Waals surface area contributed by atoms with Gasteiger partial charge in [0, 0.05) is 24.6 Å². The van der Waals surface area contributed by atoms with E-state index in [0.717, 1.165) is 19.5 Å². The Morgan fingerprint density at radius 2 is 2.07 bits per heavy atom. The minimum atomic E-state index is 0.234. The maximum Gasteiger partial charge on any atom is 0.0462 e. The Labute approximate surface area is 113 Å². The molecule has 1 N–H and O–H groups in total. The van der Waals surface area contributed by atoms with Gasteiger partial charge in [-0.05, 0) is 51.4 Å². The molecule has 0 amide bonds. The minimum absolute atomic E-state index is 0.234. The summed E-state index contributed by atoms with van der Waals surface area (Å²) in [7, 11) is 0. The van der Waals surface area contributed by atoms with Gasteiger partial charge in [0.15, 0.2) is 0 Å². The van der Waals surface area contributed by atoms with E-state index in [1.165, 1.54) is 13.8 Å². The van der Waals surface area contributed by atoms with Crippen LogP contribution in [-0.4, -0.2) is 13.1 Å². The van der Waals surface area contributed by atoms with Crippen LogP contribution < -0.4 is 5.32 Å². The summed E-state index contributed by atoms with van der Waals surface area (Å²) in [6.45, 7) is 8.86. The predicted octanol–water partition coefficient (Wildman–Crippen LogP) is 4.55. The summed E-state index contributed by atoms with van der Waals surface area (Å²) in [4.78, 5) is 1.42.